The molecule has 0 bridgehead atoms. The first-order valence-electron chi connectivity index (χ1n) is 38.7. The van der Waals surface area contributed by atoms with Gasteiger partial charge in [-0.15, -0.1) is 0 Å². The van der Waals surface area contributed by atoms with E-state index in [0.29, 0.717) is 0 Å². The highest BCUT2D eigenvalue weighted by Gasteiger charge is 2.44. The van der Waals surface area contributed by atoms with E-state index < -0.39 is 0 Å². The Morgan fingerprint density at radius 1 is 0.269 bits per heavy atom. The predicted molar refractivity (Wildman–Crippen MR) is 450 cm³/mol. The maximum Gasteiger partial charge on any atom is 0.243 e. The van der Waals surface area contributed by atoms with Gasteiger partial charge >= 0.3 is 0 Å². The van der Waals surface area contributed by atoms with E-state index in [0.717, 1.165) is 35.1 Å². The number of aromatic nitrogens is 4. The van der Waals surface area contributed by atoms with E-state index in [1.54, 1.807) is 0 Å². The van der Waals surface area contributed by atoms with Crippen LogP contribution in [0.25, 0.3) is 77.9 Å². The van der Waals surface area contributed by atoms with Gasteiger partial charge in [0.05, 0.1) is 0 Å². The van der Waals surface area contributed by atoms with Crippen LogP contribution in [0.5, 0.6) is 0 Å². The third-order valence-electron chi connectivity index (χ3n) is 24.2. The molecule has 104 heavy (non-hydrogen) atoms. The Morgan fingerprint density at radius 2 is 0.577 bits per heavy atom. The molecule has 524 valence electrons. The van der Waals surface area contributed by atoms with Crippen molar-refractivity contribution in [1.82, 2.24) is 19.9 Å². The fourth-order valence-corrected chi connectivity index (χ4v) is 20.1. The molecule has 0 N–H and O–H groups in total. The Kier molecular flexibility index (Phi) is 21.2. The maximum absolute atomic E-state index is 4.70. The first kappa shape index (κ1) is 72.8. The number of hydrogen-bond acceptors (Lipinski definition) is 4. The van der Waals surface area contributed by atoms with Gasteiger partial charge in [-0.25, -0.2) is 0 Å². The smallest absolute Gasteiger partial charge is 0.243 e. The third-order valence-corrected chi connectivity index (χ3v) is 24.2. The van der Waals surface area contributed by atoms with E-state index in [9.17, 15) is 0 Å². The average molecular weight is 1360 g/mol. The van der Waals surface area contributed by atoms with E-state index in [-0.39, 0.29) is 18.8 Å². The molecule has 0 spiro atoms. The van der Waals surface area contributed by atoms with E-state index in [2.05, 4.69) is 269 Å². The van der Waals surface area contributed by atoms with Crippen molar-refractivity contribution in [2.24, 2.45) is 0 Å². The minimum Gasteiger partial charge on any atom is -0.264 e. The van der Waals surface area contributed by atoms with Crippen LogP contribution in [0.3, 0.4) is 0 Å². The summed E-state index contributed by atoms with van der Waals surface area (Å²) >= 11 is 0. The predicted octanol–water partition coefficient (Wildman–Crippen LogP) is 21.8. The second-order valence-corrected chi connectivity index (χ2v) is 31.2. The Hall–Kier alpha value is -9.51. The average Bonchev–Trinajstić information content (AvgIpc) is 1.36. The normalized spacial score (nSPS) is 12.3. The minimum atomic E-state index is -0.202. The lowest BCUT2D eigenvalue weighted by atomic mass is 9.32. The van der Waals surface area contributed by atoms with Gasteiger partial charge in [-0.3, -0.25) is 19.9 Å². The topological polar surface area (TPSA) is 51.6 Å². The molecule has 0 saturated carbocycles. The van der Waals surface area contributed by atoms with Gasteiger partial charge in [0, 0.05) is 77.2 Å². The summed E-state index contributed by atoms with van der Waals surface area (Å²) in [6.07, 6.45) is 27.6. The van der Waals surface area contributed by atoms with Crippen LogP contribution in [-0.2, 0) is 5.41 Å². The molecule has 0 radical (unpaired) electrons. The van der Waals surface area contributed by atoms with Crippen LogP contribution in [0.2, 0.25) is 0 Å². The number of rotatable bonds is 22. The Balaban J connectivity index is 1.03. The first-order chi connectivity index (χ1) is 50.1. The molecule has 4 heterocycles. The first-order valence-corrected chi connectivity index (χ1v) is 38.7. The zero-order valence-corrected chi connectivity index (χ0v) is 65.8. The lowest BCUT2D eigenvalue weighted by molar-refractivity contribution is 0.401. The molecular formula is C98H106B2N4. The van der Waals surface area contributed by atoms with E-state index in [1.807, 2.05) is 49.6 Å². The van der Waals surface area contributed by atoms with Gasteiger partial charge in [0.25, 0.3) is 0 Å². The van der Waals surface area contributed by atoms with Crippen molar-refractivity contribution < 1.29 is 0 Å². The fraction of sp³-hybridized carbons (Fsp3) is 0.306. The summed E-state index contributed by atoms with van der Waals surface area (Å²) in [7, 11) is 0. The maximum atomic E-state index is 4.70. The van der Waals surface area contributed by atoms with Gasteiger partial charge in [0.15, 0.2) is 0 Å². The van der Waals surface area contributed by atoms with Crippen LogP contribution in [0.1, 0.15) is 184 Å². The van der Waals surface area contributed by atoms with Crippen molar-refractivity contribution in [2.45, 2.75) is 201 Å². The number of hydrogen-bond donors (Lipinski definition) is 0. The Bertz CT molecular complexity index is 5130. The summed E-state index contributed by atoms with van der Waals surface area (Å²) in [4.78, 5) is 18.7. The zero-order valence-electron chi connectivity index (χ0n) is 65.8. The second-order valence-electron chi connectivity index (χ2n) is 31.2. The summed E-state index contributed by atoms with van der Waals surface area (Å²) in [5.41, 5.74) is 50.9. The molecule has 0 amide bonds. The van der Waals surface area contributed by atoms with Gasteiger partial charge in [-0.1, -0.05) is 222 Å². The minimum absolute atomic E-state index is 0.0808. The van der Waals surface area contributed by atoms with Crippen LogP contribution in [-0.4, -0.2) is 33.4 Å². The van der Waals surface area contributed by atoms with Crippen LogP contribution in [0.15, 0.2) is 177 Å². The Labute approximate surface area is 624 Å². The summed E-state index contributed by atoms with van der Waals surface area (Å²) in [6, 6.07) is 50.0. The number of unbranched alkanes of at least 4 members (excludes halogenated alkanes) is 6. The van der Waals surface area contributed by atoms with Crippen LogP contribution >= 0.6 is 0 Å². The van der Waals surface area contributed by atoms with Gasteiger partial charge in [-0.2, -0.15) is 0 Å². The third kappa shape index (κ3) is 13.2. The van der Waals surface area contributed by atoms with Crippen molar-refractivity contribution in [3.8, 4) is 77.9 Å². The quantitative estimate of drug-likeness (QED) is 0.0501. The van der Waals surface area contributed by atoms with E-state index in [4.69, 9.17) is 9.97 Å². The monoisotopic (exact) mass is 1360 g/mol. The summed E-state index contributed by atoms with van der Waals surface area (Å²) < 4.78 is 0. The number of aryl methyl sites for hydroxylation is 12. The van der Waals surface area contributed by atoms with E-state index >= 15 is 0 Å². The Morgan fingerprint density at radius 3 is 0.894 bits per heavy atom. The van der Waals surface area contributed by atoms with Gasteiger partial charge in [0.2, 0.25) is 13.4 Å². The molecule has 1 aliphatic rings. The van der Waals surface area contributed by atoms with Gasteiger partial charge in [0.1, 0.15) is 0 Å². The summed E-state index contributed by atoms with van der Waals surface area (Å²) in [5.74, 6) is 0. The van der Waals surface area contributed by atoms with Gasteiger partial charge in [-0.05, 0) is 295 Å². The van der Waals surface area contributed by atoms with Crippen LogP contribution in [0.4, 0.5) is 0 Å². The summed E-state index contributed by atoms with van der Waals surface area (Å²) in [6.45, 7) is 44.6. The van der Waals surface area contributed by atoms with Crippen molar-refractivity contribution in [3.05, 3.63) is 283 Å². The molecule has 0 saturated heterocycles. The highest BCUT2D eigenvalue weighted by molar-refractivity contribution is 6.98. The lowest BCUT2D eigenvalue weighted by Gasteiger charge is -2.34. The molecule has 1 aliphatic carbocycles. The lowest BCUT2D eigenvalue weighted by Crippen LogP contribution is -2.58. The fourth-order valence-electron chi connectivity index (χ4n) is 20.1. The molecular weight excluding hydrogens is 1250 g/mol. The molecule has 0 atom stereocenters. The van der Waals surface area contributed by atoms with Gasteiger partial charge < -0.3 is 0 Å². The molecule has 6 heteroatoms. The highest BCUT2D eigenvalue weighted by Crippen LogP contribution is 2.56. The molecule has 13 rings (SSSR count). The largest absolute Gasteiger partial charge is 0.264 e. The molecule has 4 nitrogen and oxygen atoms in total. The van der Waals surface area contributed by atoms with E-state index in [1.165, 1.54) is 245 Å². The van der Waals surface area contributed by atoms with Crippen LogP contribution < -0.4 is 32.8 Å². The number of nitrogens with zero attached hydrogens (tertiary/aromatic N) is 4. The highest BCUT2D eigenvalue weighted by atomic mass is 14.6. The molecule has 8 aromatic carbocycles. The SMILES string of the molecule is CCCCCCC1(CCCCCC)c2cc(-c3c(C)cc(C)c(B(c4cc(-c5cccnc5)c(C)cc4C)c4c(C)cc(C)c(-c5cccnc5)c4C)c3C)ccc2-c2ccc(-c3c(C)cc(C)c(B(c4c(C)cc(C)c(-c5cccnc5)c4C)c4c(C)cc(C)c(-c5cccnc5)c4C)c3C)cc21. The van der Waals surface area contributed by atoms with Crippen LogP contribution in [0, 0.1) is 118 Å². The van der Waals surface area contributed by atoms with Crippen molar-refractivity contribution in [3.63, 3.8) is 0 Å². The summed E-state index contributed by atoms with van der Waals surface area (Å²) in [5, 5.41) is 0. The second kappa shape index (κ2) is 30.3. The number of benzene rings is 8. The molecule has 4 aromatic heterocycles. The van der Waals surface area contributed by atoms with Crippen molar-refractivity contribution in [2.75, 3.05) is 0 Å². The zero-order chi connectivity index (χ0) is 73.6. The number of fused-ring (bicyclic) bond motifs is 3. The van der Waals surface area contributed by atoms with Crippen molar-refractivity contribution >= 4 is 46.2 Å². The number of pyridine rings is 4. The molecule has 0 unspecified atom stereocenters. The standard InChI is InChI=1S/C98H106B2N4/c1-20-22-24-26-40-98(41-27-25-23-21-2)85-52-76(88-61(5)47-66(10)93(71(88)15)99(87-54-84(59(3)46-60(87)4)78-32-28-42-101-55-78)94-67(11)49-63(7)90(73(94)17)79-33-29-43-102-56-79)36-38-82(85)83-39-37-77(53-86(83)98)89-62(6)48-68(12)95(72(89)16)100(96-69(13)50-64(8)91(74(96)18)80-34-30-44-103-57-80)97-70(14)51-65(9)92(75(97)19)81-35-31-45-104-58-81/h28-39,42-58H,20-27,40-41H2,1-19H3. The van der Waals surface area contributed by atoms with Crippen molar-refractivity contribution in [1.29, 1.82) is 0 Å². The molecule has 0 fully saturated rings. The molecule has 0 aliphatic heterocycles. The molecule has 12 aromatic rings.